The van der Waals surface area contributed by atoms with Gasteiger partial charge in [-0.15, -0.1) is 0 Å². The Bertz CT molecular complexity index is 693. The van der Waals surface area contributed by atoms with E-state index >= 15 is 0 Å². The van der Waals surface area contributed by atoms with Crippen molar-refractivity contribution in [3.8, 4) is 0 Å². The first-order valence-corrected chi connectivity index (χ1v) is 5.94. The SMILES string of the molecule is Cc1c(N)cc(C(=O)c2cc(F)c(F)cc2Cl)cc1F. The monoisotopic (exact) mass is 299 g/mol. The lowest BCUT2D eigenvalue weighted by molar-refractivity contribution is 0.103. The van der Waals surface area contributed by atoms with Crippen LogP contribution < -0.4 is 5.73 Å². The molecule has 2 aromatic carbocycles. The van der Waals surface area contributed by atoms with Crippen LogP contribution >= 0.6 is 11.6 Å². The summed E-state index contributed by atoms with van der Waals surface area (Å²) in [6.45, 7) is 1.46. The predicted octanol–water partition coefficient (Wildman–Crippen LogP) is 3.88. The van der Waals surface area contributed by atoms with E-state index < -0.39 is 23.2 Å². The van der Waals surface area contributed by atoms with Crippen molar-refractivity contribution in [3.63, 3.8) is 0 Å². The summed E-state index contributed by atoms with van der Waals surface area (Å²) in [6, 6.07) is 3.61. The third kappa shape index (κ3) is 2.49. The minimum atomic E-state index is -1.21. The summed E-state index contributed by atoms with van der Waals surface area (Å²) in [6.07, 6.45) is 0. The zero-order valence-electron chi connectivity index (χ0n) is 10.3. The minimum Gasteiger partial charge on any atom is -0.398 e. The Morgan fingerprint density at radius 1 is 1.05 bits per heavy atom. The van der Waals surface area contributed by atoms with Gasteiger partial charge in [-0.1, -0.05) is 11.6 Å². The normalized spacial score (nSPS) is 10.7. The van der Waals surface area contributed by atoms with E-state index in [2.05, 4.69) is 0 Å². The van der Waals surface area contributed by atoms with Gasteiger partial charge in [0.25, 0.3) is 0 Å². The second-order valence-corrected chi connectivity index (χ2v) is 4.65. The van der Waals surface area contributed by atoms with Crippen molar-refractivity contribution in [1.82, 2.24) is 0 Å². The molecule has 0 aliphatic heterocycles. The quantitative estimate of drug-likeness (QED) is 0.519. The fraction of sp³-hybridized carbons (Fsp3) is 0.0714. The van der Waals surface area contributed by atoms with Crippen LogP contribution in [0, 0.1) is 24.4 Å². The molecular formula is C14H9ClF3NO. The van der Waals surface area contributed by atoms with Crippen LogP contribution in [0.15, 0.2) is 24.3 Å². The summed E-state index contributed by atoms with van der Waals surface area (Å²) in [5.74, 6) is -3.77. The highest BCUT2D eigenvalue weighted by molar-refractivity contribution is 6.35. The van der Waals surface area contributed by atoms with E-state index in [0.717, 1.165) is 6.07 Å². The summed E-state index contributed by atoms with van der Waals surface area (Å²) in [5.41, 5.74) is 5.53. The number of nitrogens with two attached hydrogens (primary N) is 1. The van der Waals surface area contributed by atoms with E-state index in [1.165, 1.54) is 13.0 Å². The van der Waals surface area contributed by atoms with Crippen molar-refractivity contribution >= 4 is 23.1 Å². The topological polar surface area (TPSA) is 43.1 Å². The Hall–Kier alpha value is -2.01. The van der Waals surface area contributed by atoms with Crippen molar-refractivity contribution < 1.29 is 18.0 Å². The molecule has 20 heavy (non-hydrogen) atoms. The fourth-order valence-corrected chi connectivity index (χ4v) is 1.92. The van der Waals surface area contributed by atoms with E-state index in [1.54, 1.807) is 0 Å². The van der Waals surface area contributed by atoms with E-state index in [1.807, 2.05) is 0 Å². The van der Waals surface area contributed by atoms with Crippen LogP contribution in [-0.2, 0) is 0 Å². The molecule has 0 saturated carbocycles. The number of carbonyl (C=O) groups is 1. The van der Waals surface area contributed by atoms with Gasteiger partial charge in [0, 0.05) is 22.4 Å². The molecule has 0 amide bonds. The van der Waals surface area contributed by atoms with Crippen molar-refractivity contribution in [2.24, 2.45) is 0 Å². The number of hydrogen-bond donors (Lipinski definition) is 1. The Kier molecular flexibility index (Phi) is 3.72. The average molecular weight is 300 g/mol. The molecule has 2 nitrogen and oxygen atoms in total. The van der Waals surface area contributed by atoms with Gasteiger partial charge >= 0.3 is 0 Å². The van der Waals surface area contributed by atoms with Crippen LogP contribution in [0.5, 0.6) is 0 Å². The standard InChI is InChI=1S/C14H9ClF3NO/c1-6-10(16)2-7(3-13(6)19)14(20)8-4-11(17)12(18)5-9(8)15/h2-5H,19H2,1H3. The fourth-order valence-electron chi connectivity index (χ4n) is 1.68. The average Bonchev–Trinajstić information content (AvgIpc) is 2.38. The molecule has 0 aliphatic carbocycles. The molecule has 0 aliphatic rings. The van der Waals surface area contributed by atoms with Crippen LogP contribution in [0.1, 0.15) is 21.5 Å². The summed E-state index contributed by atoms with van der Waals surface area (Å²) < 4.78 is 39.7. The highest BCUT2D eigenvalue weighted by Gasteiger charge is 2.18. The highest BCUT2D eigenvalue weighted by atomic mass is 35.5. The summed E-state index contributed by atoms with van der Waals surface area (Å²) in [4.78, 5) is 12.2. The summed E-state index contributed by atoms with van der Waals surface area (Å²) in [7, 11) is 0. The van der Waals surface area contributed by atoms with Crippen LogP contribution in [0.25, 0.3) is 0 Å². The Balaban J connectivity index is 2.55. The van der Waals surface area contributed by atoms with Crippen molar-refractivity contribution in [2.75, 3.05) is 5.73 Å². The first-order valence-electron chi connectivity index (χ1n) is 5.56. The first kappa shape index (κ1) is 14.4. The largest absolute Gasteiger partial charge is 0.398 e. The summed E-state index contributed by atoms with van der Waals surface area (Å²) >= 11 is 5.70. The second-order valence-electron chi connectivity index (χ2n) is 4.25. The van der Waals surface area contributed by atoms with Gasteiger partial charge in [0.1, 0.15) is 5.82 Å². The molecule has 0 spiro atoms. The zero-order valence-corrected chi connectivity index (χ0v) is 11.1. The number of rotatable bonds is 2. The van der Waals surface area contributed by atoms with Gasteiger partial charge in [-0.3, -0.25) is 4.79 Å². The zero-order chi connectivity index (χ0) is 15.0. The highest BCUT2D eigenvalue weighted by Crippen LogP contribution is 2.25. The molecule has 0 saturated heterocycles. The van der Waals surface area contributed by atoms with E-state index in [0.29, 0.717) is 12.1 Å². The summed E-state index contributed by atoms with van der Waals surface area (Å²) in [5, 5.41) is -0.256. The van der Waals surface area contributed by atoms with E-state index in [4.69, 9.17) is 17.3 Å². The van der Waals surface area contributed by atoms with Crippen molar-refractivity contribution in [3.05, 3.63) is 63.4 Å². The predicted molar refractivity (Wildman–Crippen MR) is 70.3 cm³/mol. The molecule has 2 N–H and O–H groups in total. The molecule has 6 heteroatoms. The molecule has 104 valence electrons. The Morgan fingerprint density at radius 3 is 2.25 bits per heavy atom. The Morgan fingerprint density at radius 2 is 1.65 bits per heavy atom. The molecule has 0 unspecified atom stereocenters. The lowest BCUT2D eigenvalue weighted by atomic mass is 10.0. The number of anilines is 1. The van der Waals surface area contributed by atoms with Crippen LogP contribution in [0.2, 0.25) is 5.02 Å². The first-order chi connectivity index (χ1) is 9.31. The molecule has 0 heterocycles. The van der Waals surface area contributed by atoms with Gasteiger partial charge in [0.15, 0.2) is 17.4 Å². The van der Waals surface area contributed by atoms with Gasteiger partial charge in [-0.25, -0.2) is 13.2 Å². The smallest absolute Gasteiger partial charge is 0.194 e. The third-order valence-corrected chi connectivity index (χ3v) is 3.21. The maximum Gasteiger partial charge on any atom is 0.194 e. The van der Waals surface area contributed by atoms with Gasteiger partial charge < -0.3 is 5.73 Å². The number of carbonyl (C=O) groups excluding carboxylic acids is 1. The lowest BCUT2D eigenvalue weighted by Gasteiger charge is -2.08. The van der Waals surface area contributed by atoms with Crippen molar-refractivity contribution in [2.45, 2.75) is 6.92 Å². The molecule has 0 aromatic heterocycles. The lowest BCUT2D eigenvalue weighted by Crippen LogP contribution is -2.06. The number of benzene rings is 2. The molecule has 0 bridgehead atoms. The van der Waals surface area contributed by atoms with Gasteiger partial charge in [-0.2, -0.15) is 0 Å². The maximum absolute atomic E-state index is 13.6. The van der Waals surface area contributed by atoms with Crippen LogP contribution in [-0.4, -0.2) is 5.78 Å². The minimum absolute atomic E-state index is 0.0847. The second kappa shape index (κ2) is 5.17. The molecule has 2 aromatic rings. The maximum atomic E-state index is 13.6. The number of hydrogen-bond acceptors (Lipinski definition) is 2. The van der Waals surface area contributed by atoms with Crippen LogP contribution in [0.3, 0.4) is 0 Å². The van der Waals surface area contributed by atoms with Gasteiger partial charge in [-0.05, 0) is 31.2 Å². The Labute approximate surface area is 118 Å². The molecule has 2 rings (SSSR count). The number of nitrogen functional groups attached to an aromatic ring is 1. The molecule has 0 fully saturated rings. The third-order valence-electron chi connectivity index (χ3n) is 2.90. The van der Waals surface area contributed by atoms with Crippen molar-refractivity contribution in [1.29, 1.82) is 0 Å². The molecular weight excluding hydrogens is 291 g/mol. The van der Waals surface area contributed by atoms with Gasteiger partial charge in [0.05, 0.1) is 5.02 Å². The number of ketones is 1. The van der Waals surface area contributed by atoms with Crippen LogP contribution in [0.4, 0.5) is 18.9 Å². The molecule has 0 atom stereocenters. The van der Waals surface area contributed by atoms with Gasteiger partial charge in [0.2, 0.25) is 0 Å². The van der Waals surface area contributed by atoms with E-state index in [9.17, 15) is 18.0 Å². The van der Waals surface area contributed by atoms with E-state index in [-0.39, 0.29) is 27.4 Å². The molecule has 0 radical (unpaired) electrons. The number of halogens is 4.